The van der Waals surface area contributed by atoms with Crippen molar-refractivity contribution in [2.24, 2.45) is 10.1 Å². The van der Waals surface area contributed by atoms with Gasteiger partial charge in [0.15, 0.2) is 0 Å². The molecular weight excluding hydrogens is 204 g/mol. The molecule has 0 amide bonds. The van der Waals surface area contributed by atoms with Crippen molar-refractivity contribution >= 4 is 12.2 Å². The van der Waals surface area contributed by atoms with Gasteiger partial charge >= 0.3 is 0 Å². The van der Waals surface area contributed by atoms with Gasteiger partial charge in [0.1, 0.15) is 5.75 Å². The third kappa shape index (κ3) is 2.50. The number of phenols is 1. The van der Waals surface area contributed by atoms with Crippen molar-refractivity contribution in [3.63, 3.8) is 0 Å². The van der Waals surface area contributed by atoms with Crippen molar-refractivity contribution in [1.29, 1.82) is 0 Å². The summed E-state index contributed by atoms with van der Waals surface area (Å²) in [4.78, 5) is 4.14. The highest BCUT2D eigenvalue weighted by atomic mass is 16.3. The topological polar surface area (TPSA) is 69.0 Å². The number of aromatic hydroxyl groups is 1. The summed E-state index contributed by atoms with van der Waals surface area (Å²) < 4.78 is 0. The average molecular weight is 218 g/mol. The highest BCUT2D eigenvalue weighted by molar-refractivity contribution is 5.85. The van der Waals surface area contributed by atoms with Gasteiger partial charge in [-0.05, 0) is 36.2 Å². The molecule has 0 radical (unpaired) electrons. The summed E-state index contributed by atoms with van der Waals surface area (Å²) in [5.74, 6) is 0.970. The Hall–Kier alpha value is -2.04. The van der Waals surface area contributed by atoms with Gasteiger partial charge in [-0.3, -0.25) is 0 Å². The zero-order chi connectivity index (χ0) is 11.4. The van der Waals surface area contributed by atoms with E-state index in [1.54, 1.807) is 18.3 Å². The van der Waals surface area contributed by atoms with Crippen LogP contribution < -0.4 is 10.7 Å². The maximum Gasteiger partial charge on any atom is 0.212 e. The lowest BCUT2D eigenvalue weighted by Crippen LogP contribution is -2.30. The quantitative estimate of drug-likeness (QED) is 0.502. The molecule has 2 rings (SSSR count). The number of benzene rings is 1. The molecule has 3 N–H and O–H groups in total. The number of hydrogen-bond acceptors (Lipinski definition) is 5. The Morgan fingerprint density at radius 2 is 2.44 bits per heavy atom. The summed E-state index contributed by atoms with van der Waals surface area (Å²) in [5.41, 5.74) is 4.76. The van der Waals surface area contributed by atoms with Crippen LogP contribution in [0.2, 0.25) is 0 Å². The molecule has 1 aromatic rings. The van der Waals surface area contributed by atoms with E-state index in [9.17, 15) is 5.11 Å². The predicted octanol–water partition coefficient (Wildman–Crippen LogP) is 0.583. The van der Waals surface area contributed by atoms with E-state index in [4.69, 9.17) is 0 Å². The van der Waals surface area contributed by atoms with Crippen LogP contribution in [0.4, 0.5) is 0 Å². The fourth-order valence-corrected chi connectivity index (χ4v) is 1.44. The molecule has 0 aliphatic carbocycles. The van der Waals surface area contributed by atoms with Gasteiger partial charge in [0.05, 0.1) is 12.8 Å². The summed E-state index contributed by atoms with van der Waals surface area (Å²) in [6.07, 6.45) is 1.71. The maximum atomic E-state index is 9.25. The molecule has 0 spiro atoms. The van der Waals surface area contributed by atoms with Crippen LogP contribution in [-0.2, 0) is 0 Å². The van der Waals surface area contributed by atoms with Gasteiger partial charge < -0.3 is 10.4 Å². The smallest absolute Gasteiger partial charge is 0.212 e. The zero-order valence-corrected chi connectivity index (χ0v) is 9.07. The standard InChI is InChI=1S/C11H14N4O/c1-8-6-10(16)3-2-9(8)7-14-15-11-12-4-5-13-11/h2-3,6-7,16H,4-5H2,1H3,(H2,12,13,15). The minimum absolute atomic E-state index is 0.268. The molecule has 5 nitrogen and oxygen atoms in total. The van der Waals surface area contributed by atoms with Crippen LogP contribution in [0.15, 0.2) is 28.3 Å². The Kier molecular flexibility index (Phi) is 3.05. The Morgan fingerprint density at radius 3 is 3.12 bits per heavy atom. The first-order chi connectivity index (χ1) is 7.75. The highest BCUT2D eigenvalue weighted by Gasteiger charge is 2.01. The summed E-state index contributed by atoms with van der Waals surface area (Å²) in [5, 5.41) is 16.4. The number of rotatable bonds is 2. The number of hydrogen-bond donors (Lipinski definition) is 3. The predicted molar refractivity (Wildman–Crippen MR) is 63.9 cm³/mol. The first-order valence-electron chi connectivity index (χ1n) is 5.13. The van der Waals surface area contributed by atoms with Crippen molar-refractivity contribution in [2.75, 3.05) is 13.1 Å². The molecule has 0 atom stereocenters. The summed E-state index contributed by atoms with van der Waals surface area (Å²) in [6.45, 7) is 3.57. The van der Waals surface area contributed by atoms with Crippen LogP contribution in [0.1, 0.15) is 11.1 Å². The maximum absolute atomic E-state index is 9.25. The van der Waals surface area contributed by atoms with E-state index in [1.165, 1.54) is 0 Å². The van der Waals surface area contributed by atoms with E-state index >= 15 is 0 Å². The number of aryl methyl sites for hydroxylation is 1. The van der Waals surface area contributed by atoms with Gasteiger partial charge in [-0.1, -0.05) is 0 Å². The van der Waals surface area contributed by atoms with E-state index in [1.807, 2.05) is 13.0 Å². The van der Waals surface area contributed by atoms with E-state index in [-0.39, 0.29) is 5.75 Å². The van der Waals surface area contributed by atoms with Gasteiger partial charge in [0.25, 0.3) is 0 Å². The zero-order valence-electron chi connectivity index (χ0n) is 9.07. The fraction of sp³-hybridized carbons (Fsp3) is 0.273. The highest BCUT2D eigenvalue weighted by Crippen LogP contribution is 2.13. The average Bonchev–Trinajstić information content (AvgIpc) is 2.74. The third-order valence-electron chi connectivity index (χ3n) is 2.30. The molecule has 0 saturated heterocycles. The molecule has 1 heterocycles. The third-order valence-corrected chi connectivity index (χ3v) is 2.30. The van der Waals surface area contributed by atoms with E-state index in [0.717, 1.165) is 24.2 Å². The summed E-state index contributed by atoms with van der Waals surface area (Å²) >= 11 is 0. The lowest BCUT2D eigenvalue weighted by Gasteiger charge is -2.01. The monoisotopic (exact) mass is 218 g/mol. The molecular formula is C11H14N4O. The minimum atomic E-state index is 0.268. The number of nitrogens with zero attached hydrogens (tertiary/aromatic N) is 2. The van der Waals surface area contributed by atoms with Gasteiger partial charge in [0.2, 0.25) is 5.96 Å². The van der Waals surface area contributed by atoms with Gasteiger partial charge in [0, 0.05) is 6.54 Å². The van der Waals surface area contributed by atoms with Crippen molar-refractivity contribution in [3.05, 3.63) is 29.3 Å². The normalized spacial score (nSPS) is 14.9. The summed E-state index contributed by atoms with van der Waals surface area (Å²) in [6, 6.07) is 5.16. The SMILES string of the molecule is Cc1cc(O)ccc1C=NNC1=NCCN1. The van der Waals surface area contributed by atoms with Crippen LogP contribution in [0.5, 0.6) is 5.75 Å². The number of hydrazone groups is 1. The van der Waals surface area contributed by atoms with Gasteiger partial charge in [-0.2, -0.15) is 5.10 Å². The number of phenolic OH excluding ortho intramolecular Hbond substituents is 1. The van der Waals surface area contributed by atoms with E-state index in [0.29, 0.717) is 5.96 Å². The molecule has 1 aliphatic heterocycles. The molecule has 5 heteroatoms. The van der Waals surface area contributed by atoms with Crippen LogP contribution in [-0.4, -0.2) is 30.4 Å². The molecule has 84 valence electrons. The molecule has 0 unspecified atom stereocenters. The second-order valence-electron chi connectivity index (χ2n) is 3.57. The minimum Gasteiger partial charge on any atom is -0.508 e. The van der Waals surface area contributed by atoms with Crippen LogP contribution in [0.3, 0.4) is 0 Å². The van der Waals surface area contributed by atoms with Crippen LogP contribution in [0, 0.1) is 6.92 Å². The number of nitrogens with one attached hydrogen (secondary N) is 2. The van der Waals surface area contributed by atoms with Crippen molar-refractivity contribution in [3.8, 4) is 5.75 Å². The van der Waals surface area contributed by atoms with Crippen molar-refractivity contribution < 1.29 is 5.11 Å². The van der Waals surface area contributed by atoms with Gasteiger partial charge in [-0.15, -0.1) is 0 Å². The molecule has 1 aliphatic rings. The molecule has 0 bridgehead atoms. The lowest BCUT2D eigenvalue weighted by molar-refractivity contribution is 0.475. The Labute approximate surface area is 93.9 Å². The van der Waals surface area contributed by atoms with Crippen molar-refractivity contribution in [1.82, 2.24) is 10.7 Å². The molecule has 0 aromatic heterocycles. The van der Waals surface area contributed by atoms with E-state index < -0.39 is 0 Å². The Balaban J connectivity index is 2.00. The second-order valence-corrected chi connectivity index (χ2v) is 3.57. The largest absolute Gasteiger partial charge is 0.508 e. The van der Waals surface area contributed by atoms with Crippen LogP contribution >= 0.6 is 0 Å². The Bertz CT molecular complexity index is 440. The fourth-order valence-electron chi connectivity index (χ4n) is 1.44. The first kappa shape index (κ1) is 10.5. The molecule has 0 fully saturated rings. The van der Waals surface area contributed by atoms with E-state index in [2.05, 4.69) is 20.8 Å². The van der Waals surface area contributed by atoms with Crippen molar-refractivity contribution in [2.45, 2.75) is 6.92 Å². The Morgan fingerprint density at radius 1 is 1.56 bits per heavy atom. The molecule has 1 aromatic carbocycles. The number of aliphatic imine (C=N–C) groups is 1. The summed E-state index contributed by atoms with van der Waals surface area (Å²) in [7, 11) is 0. The number of guanidine groups is 1. The van der Waals surface area contributed by atoms with Crippen LogP contribution in [0.25, 0.3) is 0 Å². The molecule has 16 heavy (non-hydrogen) atoms. The second kappa shape index (κ2) is 4.65. The van der Waals surface area contributed by atoms with Gasteiger partial charge in [-0.25, -0.2) is 10.4 Å². The molecule has 0 saturated carbocycles. The lowest BCUT2D eigenvalue weighted by atomic mass is 10.1. The first-order valence-corrected chi connectivity index (χ1v) is 5.13.